The van der Waals surface area contributed by atoms with E-state index in [1.54, 1.807) is 0 Å². The summed E-state index contributed by atoms with van der Waals surface area (Å²) in [6.07, 6.45) is 0. The molecular formula is C23H30N2O3. The molecule has 0 unspecified atom stereocenters. The Morgan fingerprint density at radius 3 is 2.14 bits per heavy atom. The van der Waals surface area contributed by atoms with Crippen molar-refractivity contribution in [3.05, 3.63) is 64.7 Å². The lowest BCUT2D eigenvalue weighted by Gasteiger charge is -2.19. The number of amides is 2. The van der Waals surface area contributed by atoms with E-state index in [0.717, 1.165) is 5.56 Å². The van der Waals surface area contributed by atoms with Crippen molar-refractivity contribution in [2.24, 2.45) is 0 Å². The van der Waals surface area contributed by atoms with Gasteiger partial charge in [0.25, 0.3) is 11.8 Å². The predicted octanol–water partition coefficient (Wildman–Crippen LogP) is 3.53. The Labute approximate surface area is 167 Å². The maximum absolute atomic E-state index is 12.2. The highest BCUT2D eigenvalue weighted by molar-refractivity contribution is 5.94. The van der Waals surface area contributed by atoms with Gasteiger partial charge in [-0.05, 0) is 60.2 Å². The maximum atomic E-state index is 12.2. The zero-order valence-electron chi connectivity index (χ0n) is 17.4. The summed E-state index contributed by atoms with van der Waals surface area (Å²) in [7, 11) is 0. The van der Waals surface area contributed by atoms with Gasteiger partial charge < -0.3 is 15.4 Å². The molecule has 2 amide bonds. The molecule has 0 aliphatic rings. The quantitative estimate of drug-likeness (QED) is 0.720. The van der Waals surface area contributed by atoms with Crippen molar-refractivity contribution < 1.29 is 14.3 Å². The van der Waals surface area contributed by atoms with Crippen LogP contribution in [0.5, 0.6) is 5.75 Å². The number of rotatable bonds is 7. The van der Waals surface area contributed by atoms with Crippen LogP contribution in [0, 0.1) is 13.8 Å². The third kappa shape index (κ3) is 6.41. The zero-order valence-corrected chi connectivity index (χ0v) is 17.4. The molecule has 2 aromatic rings. The highest BCUT2D eigenvalue weighted by Gasteiger charge is 2.14. The second-order valence-electron chi connectivity index (χ2n) is 7.97. The first kappa shape index (κ1) is 21.5. The number of nitrogens with one attached hydrogen (secondary N) is 2. The summed E-state index contributed by atoms with van der Waals surface area (Å²) in [6, 6.07) is 13.3. The van der Waals surface area contributed by atoms with Crippen LogP contribution in [0.3, 0.4) is 0 Å². The fourth-order valence-electron chi connectivity index (χ4n) is 2.61. The largest absolute Gasteiger partial charge is 0.484 e. The van der Waals surface area contributed by atoms with Crippen molar-refractivity contribution in [1.82, 2.24) is 10.6 Å². The van der Waals surface area contributed by atoms with Gasteiger partial charge in [-0.1, -0.05) is 39.0 Å². The van der Waals surface area contributed by atoms with Gasteiger partial charge in [0.2, 0.25) is 0 Å². The third-order valence-electron chi connectivity index (χ3n) is 4.59. The normalized spacial score (nSPS) is 11.0. The van der Waals surface area contributed by atoms with Crippen LogP contribution in [0.1, 0.15) is 47.8 Å². The molecule has 0 saturated heterocycles. The fraction of sp³-hybridized carbons (Fsp3) is 0.391. The van der Waals surface area contributed by atoms with Crippen LogP contribution in [-0.2, 0) is 10.2 Å². The smallest absolute Gasteiger partial charge is 0.258 e. The van der Waals surface area contributed by atoms with E-state index in [-0.39, 0.29) is 23.8 Å². The highest BCUT2D eigenvalue weighted by atomic mass is 16.5. The van der Waals surface area contributed by atoms with Crippen molar-refractivity contribution in [2.75, 3.05) is 19.7 Å². The molecule has 5 heteroatoms. The van der Waals surface area contributed by atoms with Gasteiger partial charge in [0.05, 0.1) is 0 Å². The second-order valence-corrected chi connectivity index (χ2v) is 7.97. The summed E-state index contributed by atoms with van der Waals surface area (Å²) < 4.78 is 5.49. The summed E-state index contributed by atoms with van der Waals surface area (Å²) in [5.41, 5.74) is 4.15. The van der Waals surface area contributed by atoms with E-state index < -0.39 is 0 Å². The Bertz CT molecular complexity index is 821. The Morgan fingerprint density at radius 1 is 0.893 bits per heavy atom. The number of aryl methyl sites for hydroxylation is 2. The molecule has 0 fully saturated rings. The molecule has 150 valence electrons. The predicted molar refractivity (Wildman–Crippen MR) is 112 cm³/mol. The topological polar surface area (TPSA) is 67.4 Å². The highest BCUT2D eigenvalue weighted by Crippen LogP contribution is 2.22. The first-order valence-corrected chi connectivity index (χ1v) is 9.52. The van der Waals surface area contributed by atoms with Gasteiger partial charge in [-0.25, -0.2) is 0 Å². The lowest BCUT2D eigenvalue weighted by Crippen LogP contribution is -2.36. The molecule has 2 aromatic carbocycles. The zero-order chi connectivity index (χ0) is 20.7. The molecule has 28 heavy (non-hydrogen) atoms. The van der Waals surface area contributed by atoms with E-state index in [9.17, 15) is 9.59 Å². The number of carbonyl (C=O) groups excluding carboxylic acids is 2. The lowest BCUT2D eigenvalue weighted by atomic mass is 9.87. The Balaban J connectivity index is 1.69. The van der Waals surface area contributed by atoms with E-state index in [4.69, 9.17) is 4.74 Å². The number of hydrogen-bond acceptors (Lipinski definition) is 3. The number of carbonyl (C=O) groups is 2. The van der Waals surface area contributed by atoms with Crippen molar-refractivity contribution >= 4 is 11.8 Å². The summed E-state index contributed by atoms with van der Waals surface area (Å²) in [5, 5.41) is 5.54. The van der Waals surface area contributed by atoms with E-state index in [1.165, 1.54) is 11.1 Å². The minimum absolute atomic E-state index is 0.0509. The van der Waals surface area contributed by atoms with E-state index >= 15 is 0 Å². The monoisotopic (exact) mass is 382 g/mol. The van der Waals surface area contributed by atoms with Crippen LogP contribution in [0.2, 0.25) is 0 Å². The Hall–Kier alpha value is -2.82. The molecular weight excluding hydrogens is 352 g/mol. The van der Waals surface area contributed by atoms with Crippen LogP contribution in [0.15, 0.2) is 42.5 Å². The molecule has 5 nitrogen and oxygen atoms in total. The molecule has 0 radical (unpaired) electrons. The summed E-state index contributed by atoms with van der Waals surface area (Å²) in [4.78, 5) is 24.0. The molecule has 0 aliphatic heterocycles. The summed E-state index contributed by atoms with van der Waals surface area (Å²) >= 11 is 0. The third-order valence-corrected chi connectivity index (χ3v) is 4.59. The number of hydrogen-bond donors (Lipinski definition) is 2. The summed E-state index contributed by atoms with van der Waals surface area (Å²) in [6.45, 7) is 11.1. The Kier molecular flexibility index (Phi) is 7.21. The number of ether oxygens (including phenoxy) is 1. The van der Waals surface area contributed by atoms with Crippen molar-refractivity contribution in [2.45, 2.75) is 40.0 Å². The minimum atomic E-state index is -0.220. The molecule has 2 N–H and O–H groups in total. The van der Waals surface area contributed by atoms with Crippen LogP contribution in [-0.4, -0.2) is 31.5 Å². The van der Waals surface area contributed by atoms with Crippen molar-refractivity contribution in [1.29, 1.82) is 0 Å². The molecule has 0 saturated carbocycles. The van der Waals surface area contributed by atoms with Crippen molar-refractivity contribution in [3.63, 3.8) is 0 Å². The van der Waals surface area contributed by atoms with Crippen molar-refractivity contribution in [3.8, 4) is 5.75 Å². The van der Waals surface area contributed by atoms with Crippen LogP contribution < -0.4 is 15.4 Å². The molecule has 2 rings (SSSR count). The fourth-order valence-corrected chi connectivity index (χ4v) is 2.61. The standard InChI is InChI=1S/C23H30N2O3/c1-16-6-11-20(14-17(16)2)28-15-21(26)24-12-13-25-22(27)18-7-9-19(10-8-18)23(3,4)5/h6-11,14H,12-13,15H2,1-5H3,(H,24,26)(H,25,27). The second kappa shape index (κ2) is 9.40. The van der Waals surface area contributed by atoms with E-state index in [1.807, 2.05) is 56.3 Å². The van der Waals surface area contributed by atoms with Crippen LogP contribution in [0.25, 0.3) is 0 Å². The van der Waals surface area contributed by atoms with Gasteiger partial charge >= 0.3 is 0 Å². The maximum Gasteiger partial charge on any atom is 0.258 e. The first-order valence-electron chi connectivity index (χ1n) is 9.52. The molecule has 0 heterocycles. The Morgan fingerprint density at radius 2 is 1.54 bits per heavy atom. The SMILES string of the molecule is Cc1ccc(OCC(=O)NCCNC(=O)c2ccc(C(C)(C)C)cc2)cc1C. The molecule has 0 atom stereocenters. The molecule has 0 spiro atoms. The molecule has 0 aromatic heterocycles. The average molecular weight is 383 g/mol. The molecule has 0 bridgehead atoms. The lowest BCUT2D eigenvalue weighted by molar-refractivity contribution is -0.123. The average Bonchev–Trinajstić information content (AvgIpc) is 2.65. The van der Waals surface area contributed by atoms with Crippen LogP contribution >= 0.6 is 0 Å². The van der Waals surface area contributed by atoms with Gasteiger partial charge in [-0.2, -0.15) is 0 Å². The van der Waals surface area contributed by atoms with Gasteiger partial charge in [-0.15, -0.1) is 0 Å². The van der Waals surface area contributed by atoms with Gasteiger partial charge in [0.15, 0.2) is 6.61 Å². The minimum Gasteiger partial charge on any atom is -0.484 e. The number of benzene rings is 2. The van der Waals surface area contributed by atoms with E-state index in [2.05, 4.69) is 31.4 Å². The molecule has 0 aliphatic carbocycles. The van der Waals surface area contributed by atoms with E-state index in [0.29, 0.717) is 24.4 Å². The van der Waals surface area contributed by atoms with Gasteiger partial charge in [0.1, 0.15) is 5.75 Å². The summed E-state index contributed by atoms with van der Waals surface area (Å²) in [5.74, 6) is 0.299. The first-order chi connectivity index (χ1) is 13.2. The van der Waals surface area contributed by atoms with Crippen LogP contribution in [0.4, 0.5) is 0 Å². The van der Waals surface area contributed by atoms with Gasteiger partial charge in [-0.3, -0.25) is 9.59 Å². The van der Waals surface area contributed by atoms with Gasteiger partial charge in [0, 0.05) is 18.7 Å².